The molecule has 16 heavy (non-hydrogen) atoms. The predicted octanol–water partition coefficient (Wildman–Crippen LogP) is 2.24. The number of carbonyl (C=O) groups is 2. The molecule has 0 saturated carbocycles. The largest absolute Gasteiger partial charge is 0.327 e. The van der Waals surface area contributed by atoms with E-state index in [-0.39, 0.29) is 11.9 Å². The number of hydrogen-bond donors (Lipinski definition) is 0. The first kappa shape index (κ1) is 13.0. The molecule has 0 aliphatic carbocycles. The highest BCUT2D eigenvalue weighted by Gasteiger charge is 2.52. The first-order valence-corrected chi connectivity index (χ1v) is 6.16. The molecule has 0 spiro atoms. The van der Waals surface area contributed by atoms with E-state index in [4.69, 9.17) is 0 Å². The molecule has 4 nitrogen and oxygen atoms in total. The molecule has 4 heteroatoms. The summed E-state index contributed by atoms with van der Waals surface area (Å²) in [6, 6.07) is -0.113. The molecule has 1 aliphatic rings. The van der Waals surface area contributed by atoms with Crippen LogP contribution in [0.4, 0.5) is 4.79 Å². The van der Waals surface area contributed by atoms with Crippen molar-refractivity contribution < 1.29 is 9.59 Å². The lowest BCUT2D eigenvalue weighted by molar-refractivity contribution is -0.132. The maximum Gasteiger partial charge on any atom is 0.327 e. The minimum Gasteiger partial charge on any atom is -0.310 e. The highest BCUT2D eigenvalue weighted by molar-refractivity contribution is 6.06. The van der Waals surface area contributed by atoms with Gasteiger partial charge in [-0.05, 0) is 26.2 Å². The summed E-state index contributed by atoms with van der Waals surface area (Å²) in [6.07, 6.45) is 2.38. The molecule has 3 amide bonds. The lowest BCUT2D eigenvalue weighted by Gasteiger charge is -2.30. The molecule has 0 aromatic carbocycles. The van der Waals surface area contributed by atoms with Crippen molar-refractivity contribution in [3.05, 3.63) is 0 Å². The van der Waals surface area contributed by atoms with Gasteiger partial charge in [0, 0.05) is 13.1 Å². The maximum atomic E-state index is 12.2. The van der Waals surface area contributed by atoms with Crippen molar-refractivity contribution >= 4 is 11.9 Å². The molecule has 0 aromatic heterocycles. The summed E-state index contributed by atoms with van der Waals surface area (Å²) in [4.78, 5) is 27.4. The van der Waals surface area contributed by atoms with Gasteiger partial charge < -0.3 is 4.90 Å². The molecule has 92 valence electrons. The summed E-state index contributed by atoms with van der Waals surface area (Å²) in [5.41, 5.74) is -0.623. The van der Waals surface area contributed by atoms with Gasteiger partial charge in [0.1, 0.15) is 5.54 Å². The Labute approximate surface area is 97.6 Å². The lowest BCUT2D eigenvalue weighted by atomic mass is 9.97. The first-order chi connectivity index (χ1) is 7.52. The van der Waals surface area contributed by atoms with Gasteiger partial charge in [-0.1, -0.05) is 20.8 Å². The van der Waals surface area contributed by atoms with Crippen molar-refractivity contribution in [1.82, 2.24) is 9.80 Å². The van der Waals surface area contributed by atoms with Crippen molar-refractivity contribution in [2.45, 2.75) is 52.5 Å². The van der Waals surface area contributed by atoms with E-state index in [0.29, 0.717) is 19.5 Å². The zero-order valence-corrected chi connectivity index (χ0v) is 10.7. The highest BCUT2D eigenvalue weighted by Crippen LogP contribution is 2.30. The van der Waals surface area contributed by atoms with Crippen LogP contribution >= 0.6 is 0 Å². The van der Waals surface area contributed by atoms with E-state index in [1.165, 1.54) is 4.90 Å². The van der Waals surface area contributed by atoms with Gasteiger partial charge in [-0.3, -0.25) is 9.69 Å². The standard InChI is InChI=1S/C12H22N2O2/c1-5-8-13-10(15)12(4,7-3)14(9-6-2)11(13)16/h5-9H2,1-4H3. The summed E-state index contributed by atoms with van der Waals surface area (Å²) < 4.78 is 0. The summed E-state index contributed by atoms with van der Waals surface area (Å²) in [5, 5.41) is 0. The first-order valence-electron chi connectivity index (χ1n) is 6.16. The van der Waals surface area contributed by atoms with Gasteiger partial charge in [0.15, 0.2) is 0 Å². The summed E-state index contributed by atoms with van der Waals surface area (Å²) >= 11 is 0. The van der Waals surface area contributed by atoms with Crippen LogP contribution in [0.15, 0.2) is 0 Å². The highest BCUT2D eigenvalue weighted by atomic mass is 16.2. The predicted molar refractivity (Wildman–Crippen MR) is 63.1 cm³/mol. The number of amides is 3. The van der Waals surface area contributed by atoms with Gasteiger partial charge in [0.25, 0.3) is 5.91 Å². The molecule has 1 aliphatic heterocycles. The van der Waals surface area contributed by atoms with Gasteiger partial charge in [-0.15, -0.1) is 0 Å². The van der Waals surface area contributed by atoms with Gasteiger partial charge in [-0.25, -0.2) is 4.79 Å². The summed E-state index contributed by atoms with van der Waals surface area (Å²) in [6.45, 7) is 9.03. The summed E-state index contributed by atoms with van der Waals surface area (Å²) in [7, 11) is 0. The second-order valence-electron chi connectivity index (χ2n) is 4.52. The van der Waals surface area contributed by atoms with Crippen LogP contribution in [0.5, 0.6) is 0 Å². The molecule has 0 N–H and O–H groups in total. The Morgan fingerprint density at radius 1 is 1.06 bits per heavy atom. The minimum absolute atomic E-state index is 0.0321. The van der Waals surface area contributed by atoms with E-state index < -0.39 is 5.54 Å². The second-order valence-corrected chi connectivity index (χ2v) is 4.52. The van der Waals surface area contributed by atoms with Crippen LogP contribution in [-0.2, 0) is 4.79 Å². The van der Waals surface area contributed by atoms with E-state index in [2.05, 4.69) is 0 Å². The zero-order chi connectivity index (χ0) is 12.3. The normalized spacial score (nSPS) is 25.8. The Kier molecular flexibility index (Phi) is 3.94. The second kappa shape index (κ2) is 4.85. The van der Waals surface area contributed by atoms with Crippen molar-refractivity contribution in [2.24, 2.45) is 0 Å². The fourth-order valence-electron chi connectivity index (χ4n) is 2.18. The molecule has 1 saturated heterocycles. The monoisotopic (exact) mass is 226 g/mol. The molecule has 1 heterocycles. The number of carbonyl (C=O) groups excluding carboxylic acids is 2. The minimum atomic E-state index is -0.623. The molecule has 1 atom stereocenters. The third-order valence-corrected chi connectivity index (χ3v) is 3.35. The van der Waals surface area contributed by atoms with Crippen LogP contribution in [0.25, 0.3) is 0 Å². The fourth-order valence-corrected chi connectivity index (χ4v) is 2.18. The van der Waals surface area contributed by atoms with Gasteiger partial charge >= 0.3 is 6.03 Å². The van der Waals surface area contributed by atoms with Crippen LogP contribution in [0.3, 0.4) is 0 Å². The summed E-state index contributed by atoms with van der Waals surface area (Å²) in [5.74, 6) is -0.0321. The zero-order valence-electron chi connectivity index (χ0n) is 10.7. The lowest BCUT2D eigenvalue weighted by Crippen LogP contribution is -2.46. The molecule has 1 fully saturated rings. The Morgan fingerprint density at radius 2 is 1.62 bits per heavy atom. The van der Waals surface area contributed by atoms with Crippen molar-refractivity contribution in [3.8, 4) is 0 Å². The third kappa shape index (κ3) is 1.81. The van der Waals surface area contributed by atoms with E-state index >= 15 is 0 Å². The third-order valence-electron chi connectivity index (χ3n) is 3.35. The number of imide groups is 1. The average Bonchev–Trinajstić information content (AvgIpc) is 2.45. The van der Waals surface area contributed by atoms with E-state index in [1.807, 2.05) is 27.7 Å². The van der Waals surface area contributed by atoms with Gasteiger partial charge in [-0.2, -0.15) is 0 Å². The molecular formula is C12H22N2O2. The van der Waals surface area contributed by atoms with Crippen molar-refractivity contribution in [3.63, 3.8) is 0 Å². The SMILES string of the molecule is CCCN1C(=O)N(CCC)C(C)(CC)C1=O. The average molecular weight is 226 g/mol. The van der Waals surface area contributed by atoms with Gasteiger partial charge in [0.05, 0.1) is 0 Å². The van der Waals surface area contributed by atoms with Crippen molar-refractivity contribution in [2.75, 3.05) is 13.1 Å². The van der Waals surface area contributed by atoms with Crippen LogP contribution in [-0.4, -0.2) is 40.4 Å². The van der Waals surface area contributed by atoms with E-state index in [9.17, 15) is 9.59 Å². The molecule has 0 aromatic rings. The van der Waals surface area contributed by atoms with E-state index in [0.717, 1.165) is 12.8 Å². The van der Waals surface area contributed by atoms with Crippen LogP contribution in [0, 0.1) is 0 Å². The van der Waals surface area contributed by atoms with Crippen LogP contribution in [0.2, 0.25) is 0 Å². The Balaban J connectivity index is 2.99. The fraction of sp³-hybridized carbons (Fsp3) is 0.833. The quantitative estimate of drug-likeness (QED) is 0.674. The number of urea groups is 1. The van der Waals surface area contributed by atoms with Crippen molar-refractivity contribution in [1.29, 1.82) is 0 Å². The Bertz CT molecular complexity index is 291. The molecular weight excluding hydrogens is 204 g/mol. The van der Waals surface area contributed by atoms with Crippen LogP contribution < -0.4 is 0 Å². The number of nitrogens with zero attached hydrogens (tertiary/aromatic N) is 2. The van der Waals surface area contributed by atoms with E-state index in [1.54, 1.807) is 4.90 Å². The van der Waals surface area contributed by atoms with Gasteiger partial charge in [0.2, 0.25) is 0 Å². The number of rotatable bonds is 5. The Morgan fingerprint density at radius 3 is 2.06 bits per heavy atom. The van der Waals surface area contributed by atoms with Crippen LogP contribution in [0.1, 0.15) is 47.0 Å². The Hall–Kier alpha value is -1.06. The smallest absolute Gasteiger partial charge is 0.310 e. The maximum absolute atomic E-state index is 12.2. The molecule has 0 radical (unpaired) electrons. The molecule has 1 rings (SSSR count). The topological polar surface area (TPSA) is 40.6 Å². The molecule has 0 bridgehead atoms. The number of hydrogen-bond acceptors (Lipinski definition) is 2. The molecule has 1 unspecified atom stereocenters.